The fourth-order valence-electron chi connectivity index (χ4n) is 1.63. The number of H-pyrrole nitrogens is 1. The van der Waals surface area contributed by atoms with Crippen LogP contribution >= 0.6 is 0 Å². The molecule has 0 radical (unpaired) electrons. The van der Waals surface area contributed by atoms with E-state index in [1.54, 1.807) is 18.6 Å². The molecule has 0 aromatic carbocycles. The molecule has 0 saturated heterocycles. The summed E-state index contributed by atoms with van der Waals surface area (Å²) in [6.45, 7) is 5.84. The van der Waals surface area contributed by atoms with Crippen LogP contribution in [-0.2, 0) is 6.54 Å². The van der Waals surface area contributed by atoms with E-state index in [-0.39, 0.29) is 0 Å². The van der Waals surface area contributed by atoms with Gasteiger partial charge in [0.1, 0.15) is 11.5 Å². The molecule has 0 bridgehead atoms. The number of hydrogen-bond acceptors (Lipinski definition) is 4. The van der Waals surface area contributed by atoms with Crippen molar-refractivity contribution in [2.75, 3.05) is 6.54 Å². The van der Waals surface area contributed by atoms with Gasteiger partial charge in [0.05, 0.1) is 24.1 Å². The van der Waals surface area contributed by atoms with E-state index < -0.39 is 0 Å². The number of aromatic amines is 1. The largest absolute Gasteiger partial charge is 0.340 e. The lowest BCUT2D eigenvalue weighted by Crippen LogP contribution is -2.14. The Kier molecular flexibility index (Phi) is 3.82. The fourth-order valence-corrected chi connectivity index (χ4v) is 1.63. The maximum atomic E-state index is 4.32. The lowest BCUT2D eigenvalue weighted by atomic mass is 10.2. The topological polar surface area (TPSA) is 66.5 Å². The van der Waals surface area contributed by atoms with Gasteiger partial charge in [-0.2, -0.15) is 0 Å². The average molecular weight is 231 g/mol. The third-order valence-corrected chi connectivity index (χ3v) is 2.48. The van der Waals surface area contributed by atoms with Crippen molar-refractivity contribution in [2.45, 2.75) is 26.8 Å². The summed E-state index contributed by atoms with van der Waals surface area (Å²) in [5, 5.41) is 3.30. The van der Waals surface area contributed by atoms with Gasteiger partial charge >= 0.3 is 0 Å². The average Bonchev–Trinajstić information content (AvgIpc) is 2.79. The Morgan fingerprint density at radius 2 is 2.06 bits per heavy atom. The Balaban J connectivity index is 2.10. The minimum Gasteiger partial charge on any atom is -0.340 e. The van der Waals surface area contributed by atoms with E-state index >= 15 is 0 Å². The van der Waals surface area contributed by atoms with Crippen molar-refractivity contribution < 1.29 is 0 Å². The molecule has 90 valence electrons. The zero-order valence-corrected chi connectivity index (χ0v) is 10.2. The molecule has 0 amide bonds. The van der Waals surface area contributed by atoms with Crippen molar-refractivity contribution in [1.82, 2.24) is 25.3 Å². The minimum atomic E-state index is 0.757. The van der Waals surface area contributed by atoms with Crippen molar-refractivity contribution in [2.24, 2.45) is 0 Å². The van der Waals surface area contributed by atoms with Crippen molar-refractivity contribution in [3.8, 4) is 11.4 Å². The van der Waals surface area contributed by atoms with Crippen LogP contribution in [0.4, 0.5) is 0 Å². The Labute approximate surface area is 101 Å². The maximum Gasteiger partial charge on any atom is 0.120 e. The molecule has 0 aliphatic carbocycles. The van der Waals surface area contributed by atoms with Crippen molar-refractivity contribution in [3.05, 3.63) is 30.1 Å². The molecular weight excluding hydrogens is 214 g/mol. The van der Waals surface area contributed by atoms with E-state index in [9.17, 15) is 0 Å². The number of aromatic nitrogens is 4. The lowest BCUT2D eigenvalue weighted by Gasteiger charge is -2.00. The SMILES string of the molecule is CCCNCc1ncc(-c2nccnc2C)[nH]1. The van der Waals surface area contributed by atoms with Crippen molar-refractivity contribution in [3.63, 3.8) is 0 Å². The van der Waals surface area contributed by atoms with E-state index in [1.165, 1.54) is 0 Å². The second-order valence-corrected chi connectivity index (χ2v) is 3.91. The van der Waals surface area contributed by atoms with E-state index in [0.29, 0.717) is 0 Å². The molecule has 2 heterocycles. The van der Waals surface area contributed by atoms with Crippen LogP contribution < -0.4 is 5.32 Å². The van der Waals surface area contributed by atoms with Gasteiger partial charge in [0.25, 0.3) is 0 Å². The van der Waals surface area contributed by atoms with Gasteiger partial charge in [-0.3, -0.25) is 9.97 Å². The first-order valence-corrected chi connectivity index (χ1v) is 5.84. The first kappa shape index (κ1) is 11.7. The van der Waals surface area contributed by atoms with Gasteiger partial charge in [-0.1, -0.05) is 6.92 Å². The summed E-state index contributed by atoms with van der Waals surface area (Å²) in [6.07, 6.45) is 6.31. The van der Waals surface area contributed by atoms with Gasteiger partial charge in [-0.25, -0.2) is 4.98 Å². The first-order chi connectivity index (χ1) is 8.31. The van der Waals surface area contributed by atoms with Crippen LogP contribution in [0.25, 0.3) is 11.4 Å². The molecular formula is C12H17N5. The second-order valence-electron chi connectivity index (χ2n) is 3.91. The molecule has 0 unspecified atom stereocenters. The smallest absolute Gasteiger partial charge is 0.120 e. The maximum absolute atomic E-state index is 4.32. The Hall–Kier alpha value is -1.75. The lowest BCUT2D eigenvalue weighted by molar-refractivity contribution is 0.655. The highest BCUT2D eigenvalue weighted by molar-refractivity contribution is 5.55. The number of rotatable bonds is 5. The third-order valence-electron chi connectivity index (χ3n) is 2.48. The number of hydrogen-bond donors (Lipinski definition) is 2. The molecule has 0 fully saturated rings. The molecule has 0 saturated carbocycles. The third kappa shape index (κ3) is 2.88. The van der Waals surface area contributed by atoms with Gasteiger partial charge in [0.2, 0.25) is 0 Å². The predicted molar refractivity (Wildman–Crippen MR) is 66.3 cm³/mol. The number of nitrogens with one attached hydrogen (secondary N) is 2. The van der Waals surface area contributed by atoms with Crippen molar-refractivity contribution >= 4 is 0 Å². The molecule has 2 rings (SSSR count). The van der Waals surface area contributed by atoms with Gasteiger partial charge in [0.15, 0.2) is 0 Å². The summed E-state index contributed by atoms with van der Waals surface area (Å²) in [6, 6.07) is 0. The molecule has 0 atom stereocenters. The van der Waals surface area contributed by atoms with E-state index in [1.807, 2.05) is 6.92 Å². The first-order valence-electron chi connectivity index (χ1n) is 5.84. The molecule has 17 heavy (non-hydrogen) atoms. The van der Waals surface area contributed by atoms with Crippen LogP contribution in [0.1, 0.15) is 24.9 Å². The highest BCUT2D eigenvalue weighted by Crippen LogP contribution is 2.16. The minimum absolute atomic E-state index is 0.757. The van der Waals surface area contributed by atoms with Crippen LogP contribution in [0.2, 0.25) is 0 Å². The highest BCUT2D eigenvalue weighted by atomic mass is 15.0. The van der Waals surface area contributed by atoms with Gasteiger partial charge in [0, 0.05) is 12.4 Å². The molecule has 5 heteroatoms. The summed E-state index contributed by atoms with van der Waals surface area (Å²) < 4.78 is 0. The molecule has 0 spiro atoms. The molecule has 2 aromatic rings. The summed E-state index contributed by atoms with van der Waals surface area (Å²) in [4.78, 5) is 16.1. The zero-order chi connectivity index (χ0) is 12.1. The monoisotopic (exact) mass is 231 g/mol. The van der Waals surface area contributed by atoms with Gasteiger partial charge in [-0.15, -0.1) is 0 Å². The molecule has 2 aromatic heterocycles. The Bertz CT molecular complexity index is 477. The van der Waals surface area contributed by atoms with E-state index in [2.05, 4.69) is 32.2 Å². The predicted octanol–water partition coefficient (Wildman–Crippen LogP) is 1.67. The highest BCUT2D eigenvalue weighted by Gasteiger charge is 2.07. The molecule has 0 aliphatic heterocycles. The Morgan fingerprint density at radius 1 is 1.24 bits per heavy atom. The quantitative estimate of drug-likeness (QED) is 0.768. The molecule has 0 aliphatic rings. The summed E-state index contributed by atoms with van der Waals surface area (Å²) >= 11 is 0. The number of aryl methyl sites for hydroxylation is 1. The van der Waals surface area contributed by atoms with Crippen LogP contribution in [0.3, 0.4) is 0 Å². The second kappa shape index (κ2) is 5.54. The van der Waals surface area contributed by atoms with Gasteiger partial charge in [-0.05, 0) is 19.9 Å². The van der Waals surface area contributed by atoms with Crippen LogP contribution in [-0.4, -0.2) is 26.5 Å². The Morgan fingerprint density at radius 3 is 2.82 bits per heavy atom. The van der Waals surface area contributed by atoms with Crippen LogP contribution in [0, 0.1) is 6.92 Å². The zero-order valence-electron chi connectivity index (χ0n) is 10.2. The normalized spacial score (nSPS) is 10.7. The standard InChI is InChI=1S/C12H17N5/c1-3-4-13-8-11-16-7-10(17-11)12-9(2)14-5-6-15-12/h5-7,13H,3-4,8H2,1-2H3,(H,16,17). The van der Waals surface area contributed by atoms with Gasteiger partial charge < -0.3 is 10.3 Å². The molecule has 2 N–H and O–H groups in total. The van der Waals surface area contributed by atoms with Crippen LogP contribution in [0.5, 0.6) is 0 Å². The summed E-state index contributed by atoms with van der Waals surface area (Å²) in [5.41, 5.74) is 2.69. The van der Waals surface area contributed by atoms with Crippen LogP contribution in [0.15, 0.2) is 18.6 Å². The van der Waals surface area contributed by atoms with Crippen molar-refractivity contribution in [1.29, 1.82) is 0 Å². The number of imidazole rings is 1. The fraction of sp³-hybridized carbons (Fsp3) is 0.417. The molecule has 5 nitrogen and oxygen atoms in total. The number of nitrogens with zero attached hydrogens (tertiary/aromatic N) is 3. The summed E-state index contributed by atoms with van der Waals surface area (Å²) in [7, 11) is 0. The van der Waals surface area contributed by atoms with E-state index in [4.69, 9.17) is 0 Å². The van der Waals surface area contributed by atoms with E-state index in [0.717, 1.165) is 42.4 Å². The summed E-state index contributed by atoms with van der Waals surface area (Å²) in [5.74, 6) is 0.929.